The van der Waals surface area contributed by atoms with Crippen LogP contribution in [-0.2, 0) is 6.42 Å². The van der Waals surface area contributed by atoms with E-state index in [1.165, 1.54) is 12.2 Å². The van der Waals surface area contributed by atoms with Crippen LogP contribution in [0.5, 0.6) is 0 Å². The van der Waals surface area contributed by atoms with Gasteiger partial charge in [-0.3, -0.25) is 0 Å². The predicted octanol–water partition coefficient (Wildman–Crippen LogP) is 2.59. The number of anilines is 1. The summed E-state index contributed by atoms with van der Waals surface area (Å²) in [6, 6.07) is 2.04. The fraction of sp³-hybridized carbons (Fsp3) is 0.636. The molecule has 4 heteroatoms. The minimum atomic E-state index is 0.953. The first-order valence-electron chi connectivity index (χ1n) is 5.40. The fourth-order valence-corrected chi connectivity index (χ4v) is 1.75. The third kappa shape index (κ3) is 5.02. The van der Waals surface area contributed by atoms with Crippen molar-refractivity contribution >= 4 is 17.6 Å². The molecule has 0 spiro atoms. The lowest BCUT2D eigenvalue weighted by Crippen LogP contribution is -2.05. The van der Waals surface area contributed by atoms with Crippen LogP contribution in [0.15, 0.2) is 12.4 Å². The van der Waals surface area contributed by atoms with Gasteiger partial charge in [-0.15, -0.1) is 0 Å². The lowest BCUT2D eigenvalue weighted by Gasteiger charge is -2.05. The lowest BCUT2D eigenvalue weighted by atomic mass is 10.2. The second-order valence-corrected chi connectivity index (χ2v) is 4.40. The maximum absolute atomic E-state index is 4.22. The number of hydrogen-bond donors (Lipinski definition) is 1. The SMILES string of the molecule is CCCc1cc(NCCCSC)ncn1. The first kappa shape index (κ1) is 12.3. The van der Waals surface area contributed by atoms with Crippen LogP contribution in [0.4, 0.5) is 5.82 Å². The van der Waals surface area contributed by atoms with Gasteiger partial charge in [-0.1, -0.05) is 13.3 Å². The van der Waals surface area contributed by atoms with Gasteiger partial charge in [-0.2, -0.15) is 11.8 Å². The molecule has 0 bridgehead atoms. The number of aromatic nitrogens is 2. The average Bonchev–Trinajstić information content (AvgIpc) is 2.26. The zero-order valence-electron chi connectivity index (χ0n) is 9.49. The smallest absolute Gasteiger partial charge is 0.129 e. The van der Waals surface area contributed by atoms with Gasteiger partial charge in [0.05, 0.1) is 0 Å². The van der Waals surface area contributed by atoms with Crippen LogP contribution in [-0.4, -0.2) is 28.5 Å². The van der Waals surface area contributed by atoms with E-state index in [0.29, 0.717) is 0 Å². The van der Waals surface area contributed by atoms with E-state index in [2.05, 4.69) is 28.5 Å². The summed E-state index contributed by atoms with van der Waals surface area (Å²) in [5.41, 5.74) is 1.12. The van der Waals surface area contributed by atoms with Crippen molar-refractivity contribution in [2.75, 3.05) is 23.9 Å². The summed E-state index contributed by atoms with van der Waals surface area (Å²) < 4.78 is 0. The molecule has 84 valence electrons. The molecule has 0 radical (unpaired) electrons. The highest BCUT2D eigenvalue weighted by Gasteiger charge is 1.97. The van der Waals surface area contributed by atoms with Gasteiger partial charge in [0.15, 0.2) is 0 Å². The third-order valence-electron chi connectivity index (χ3n) is 2.06. The quantitative estimate of drug-likeness (QED) is 0.724. The largest absolute Gasteiger partial charge is 0.370 e. The molecule has 1 rings (SSSR count). The van der Waals surface area contributed by atoms with E-state index < -0.39 is 0 Å². The number of nitrogens with zero attached hydrogens (tertiary/aromatic N) is 2. The van der Waals surface area contributed by atoms with E-state index in [9.17, 15) is 0 Å². The Morgan fingerprint density at radius 3 is 3.00 bits per heavy atom. The maximum Gasteiger partial charge on any atom is 0.129 e. The Kier molecular flexibility index (Phi) is 6.16. The van der Waals surface area contributed by atoms with Gasteiger partial charge >= 0.3 is 0 Å². The first-order chi connectivity index (χ1) is 7.36. The summed E-state index contributed by atoms with van der Waals surface area (Å²) in [6.45, 7) is 3.15. The number of aryl methyl sites for hydroxylation is 1. The molecule has 3 nitrogen and oxygen atoms in total. The van der Waals surface area contributed by atoms with Gasteiger partial charge in [-0.05, 0) is 24.9 Å². The Morgan fingerprint density at radius 1 is 1.40 bits per heavy atom. The third-order valence-corrected chi connectivity index (χ3v) is 2.76. The molecular formula is C11H19N3S. The van der Waals surface area contributed by atoms with E-state index in [1.54, 1.807) is 6.33 Å². The van der Waals surface area contributed by atoms with E-state index in [4.69, 9.17) is 0 Å². The van der Waals surface area contributed by atoms with Gasteiger partial charge in [0.25, 0.3) is 0 Å². The van der Waals surface area contributed by atoms with Crippen molar-refractivity contribution in [1.82, 2.24) is 9.97 Å². The molecule has 1 N–H and O–H groups in total. The summed E-state index contributed by atoms with van der Waals surface area (Å²) >= 11 is 1.88. The minimum absolute atomic E-state index is 0.953. The average molecular weight is 225 g/mol. The van der Waals surface area contributed by atoms with Gasteiger partial charge in [0, 0.05) is 18.3 Å². The molecule has 15 heavy (non-hydrogen) atoms. The van der Waals surface area contributed by atoms with Crippen molar-refractivity contribution in [3.63, 3.8) is 0 Å². The van der Waals surface area contributed by atoms with Crippen LogP contribution >= 0.6 is 11.8 Å². The van der Waals surface area contributed by atoms with E-state index >= 15 is 0 Å². The number of rotatable bonds is 7. The Bertz CT molecular complexity index is 278. The van der Waals surface area contributed by atoms with Crippen molar-refractivity contribution in [2.45, 2.75) is 26.2 Å². The summed E-state index contributed by atoms with van der Waals surface area (Å²) in [5.74, 6) is 2.15. The Balaban J connectivity index is 2.36. The zero-order valence-corrected chi connectivity index (χ0v) is 10.3. The molecule has 1 heterocycles. The monoisotopic (exact) mass is 225 g/mol. The van der Waals surface area contributed by atoms with Crippen molar-refractivity contribution in [2.24, 2.45) is 0 Å². The predicted molar refractivity (Wildman–Crippen MR) is 67.5 cm³/mol. The summed E-state index contributed by atoms with van der Waals surface area (Å²) in [6.07, 6.45) is 7.10. The highest BCUT2D eigenvalue weighted by molar-refractivity contribution is 7.98. The molecule has 0 aromatic carbocycles. The van der Waals surface area contributed by atoms with E-state index in [-0.39, 0.29) is 0 Å². The van der Waals surface area contributed by atoms with Crippen LogP contribution in [0.25, 0.3) is 0 Å². The molecule has 1 aromatic heterocycles. The van der Waals surface area contributed by atoms with E-state index in [1.807, 2.05) is 17.8 Å². The van der Waals surface area contributed by atoms with Crippen LogP contribution < -0.4 is 5.32 Å². The van der Waals surface area contributed by atoms with Crippen molar-refractivity contribution in [3.8, 4) is 0 Å². The fourth-order valence-electron chi connectivity index (χ4n) is 1.32. The molecular weight excluding hydrogens is 206 g/mol. The van der Waals surface area contributed by atoms with Gasteiger partial charge < -0.3 is 5.32 Å². The highest BCUT2D eigenvalue weighted by Crippen LogP contribution is 2.06. The molecule has 0 aliphatic heterocycles. The molecule has 0 saturated carbocycles. The lowest BCUT2D eigenvalue weighted by molar-refractivity contribution is 0.870. The van der Waals surface area contributed by atoms with Gasteiger partial charge in [0.2, 0.25) is 0 Å². The van der Waals surface area contributed by atoms with Crippen LogP contribution in [0.2, 0.25) is 0 Å². The van der Waals surface area contributed by atoms with Gasteiger partial charge in [0.1, 0.15) is 12.1 Å². The summed E-state index contributed by atoms with van der Waals surface area (Å²) in [5, 5.41) is 3.31. The highest BCUT2D eigenvalue weighted by atomic mass is 32.2. The molecule has 0 amide bonds. The molecule has 0 unspecified atom stereocenters. The van der Waals surface area contributed by atoms with Gasteiger partial charge in [-0.25, -0.2) is 9.97 Å². The van der Waals surface area contributed by atoms with Crippen molar-refractivity contribution < 1.29 is 0 Å². The Labute approximate surface area is 96.1 Å². The topological polar surface area (TPSA) is 37.8 Å². The van der Waals surface area contributed by atoms with Crippen LogP contribution in [0.1, 0.15) is 25.5 Å². The Hall–Kier alpha value is -0.770. The first-order valence-corrected chi connectivity index (χ1v) is 6.80. The van der Waals surface area contributed by atoms with Crippen molar-refractivity contribution in [3.05, 3.63) is 18.1 Å². The zero-order chi connectivity index (χ0) is 10.9. The molecule has 0 saturated heterocycles. The standard InChI is InChI=1S/C11H19N3S/c1-3-5-10-8-11(14-9-13-10)12-6-4-7-15-2/h8-9H,3-7H2,1-2H3,(H,12,13,14). The van der Waals surface area contributed by atoms with Crippen LogP contribution in [0, 0.1) is 0 Å². The van der Waals surface area contributed by atoms with Crippen LogP contribution in [0.3, 0.4) is 0 Å². The maximum atomic E-state index is 4.22. The second-order valence-electron chi connectivity index (χ2n) is 3.42. The number of thioether (sulfide) groups is 1. The molecule has 0 aliphatic carbocycles. The van der Waals surface area contributed by atoms with Crippen molar-refractivity contribution in [1.29, 1.82) is 0 Å². The number of hydrogen-bond acceptors (Lipinski definition) is 4. The summed E-state index contributed by atoms with van der Waals surface area (Å²) in [7, 11) is 0. The second kappa shape index (κ2) is 7.51. The summed E-state index contributed by atoms with van der Waals surface area (Å²) in [4.78, 5) is 8.41. The Morgan fingerprint density at radius 2 is 2.27 bits per heavy atom. The molecule has 0 atom stereocenters. The normalized spacial score (nSPS) is 10.3. The molecule has 0 aliphatic rings. The number of nitrogens with one attached hydrogen (secondary N) is 1. The molecule has 0 fully saturated rings. The molecule has 1 aromatic rings. The minimum Gasteiger partial charge on any atom is -0.370 e. The van der Waals surface area contributed by atoms with E-state index in [0.717, 1.165) is 30.9 Å².